The molecule has 0 saturated heterocycles. The SMILES string of the molecule is CCN(CC)C(Cc1cccs1)=Nc1ccc2sc3ccccc3c2c1. The quantitative estimate of drug-likeness (QED) is 0.278. The normalized spacial score (nSPS) is 12.2. The lowest BCUT2D eigenvalue weighted by molar-refractivity contribution is 0.458. The van der Waals surface area contributed by atoms with Gasteiger partial charge in [0.05, 0.1) is 5.69 Å². The van der Waals surface area contributed by atoms with Crippen molar-refractivity contribution in [3.05, 3.63) is 64.9 Å². The van der Waals surface area contributed by atoms with Crippen LogP contribution in [0, 0.1) is 0 Å². The van der Waals surface area contributed by atoms with Gasteiger partial charge in [-0.2, -0.15) is 0 Å². The number of hydrogen-bond donors (Lipinski definition) is 0. The van der Waals surface area contributed by atoms with Gasteiger partial charge >= 0.3 is 0 Å². The van der Waals surface area contributed by atoms with Gasteiger partial charge in [-0.15, -0.1) is 22.7 Å². The van der Waals surface area contributed by atoms with Crippen molar-refractivity contribution < 1.29 is 0 Å². The van der Waals surface area contributed by atoms with Gasteiger partial charge in [-0.25, -0.2) is 4.99 Å². The number of likely N-dealkylation sites (N-methyl/N-ethyl adjacent to an activating group) is 1. The van der Waals surface area contributed by atoms with Crippen molar-refractivity contribution >= 4 is 54.4 Å². The summed E-state index contributed by atoms with van der Waals surface area (Å²) >= 11 is 3.65. The molecule has 26 heavy (non-hydrogen) atoms. The van der Waals surface area contributed by atoms with E-state index in [1.807, 2.05) is 11.3 Å². The Hall–Kier alpha value is -2.17. The topological polar surface area (TPSA) is 15.6 Å². The molecule has 0 aliphatic carbocycles. The van der Waals surface area contributed by atoms with E-state index in [1.165, 1.54) is 25.0 Å². The molecule has 0 N–H and O–H groups in total. The maximum Gasteiger partial charge on any atom is 0.110 e. The van der Waals surface area contributed by atoms with Crippen LogP contribution in [-0.2, 0) is 6.42 Å². The lowest BCUT2D eigenvalue weighted by atomic mass is 10.1. The molecule has 0 atom stereocenters. The highest BCUT2D eigenvalue weighted by Gasteiger charge is 2.11. The Bertz CT molecular complexity index is 1040. The highest BCUT2D eigenvalue weighted by molar-refractivity contribution is 7.25. The number of hydrogen-bond acceptors (Lipinski definition) is 3. The van der Waals surface area contributed by atoms with Crippen LogP contribution in [0.4, 0.5) is 5.69 Å². The Morgan fingerprint density at radius 1 is 0.923 bits per heavy atom. The van der Waals surface area contributed by atoms with Crippen LogP contribution in [-0.4, -0.2) is 23.8 Å². The zero-order valence-corrected chi connectivity index (χ0v) is 16.7. The Morgan fingerprint density at radius 2 is 1.73 bits per heavy atom. The molecule has 2 heterocycles. The molecule has 0 radical (unpaired) electrons. The van der Waals surface area contributed by atoms with Crippen LogP contribution in [0.25, 0.3) is 20.2 Å². The van der Waals surface area contributed by atoms with Crippen LogP contribution >= 0.6 is 22.7 Å². The molecule has 2 aromatic heterocycles. The molecule has 0 spiro atoms. The Balaban J connectivity index is 1.78. The molecule has 2 nitrogen and oxygen atoms in total. The third kappa shape index (κ3) is 3.39. The minimum atomic E-state index is 0.891. The maximum absolute atomic E-state index is 5.07. The number of aliphatic imine (C=N–C) groups is 1. The number of rotatable bonds is 5. The summed E-state index contributed by atoms with van der Waals surface area (Å²) in [5, 5.41) is 4.77. The molecule has 0 aliphatic heterocycles. The molecule has 2 aromatic carbocycles. The predicted molar refractivity (Wildman–Crippen MR) is 117 cm³/mol. The summed E-state index contributed by atoms with van der Waals surface area (Å²) in [7, 11) is 0. The van der Waals surface area contributed by atoms with Crippen LogP contribution in [0.5, 0.6) is 0 Å². The van der Waals surface area contributed by atoms with Gasteiger partial charge in [0.15, 0.2) is 0 Å². The molecule has 0 bridgehead atoms. The smallest absolute Gasteiger partial charge is 0.110 e. The molecule has 4 aromatic rings. The molecular formula is C22H22N2S2. The second-order valence-electron chi connectivity index (χ2n) is 6.24. The van der Waals surface area contributed by atoms with Gasteiger partial charge in [0.2, 0.25) is 0 Å². The maximum atomic E-state index is 5.07. The Morgan fingerprint density at radius 3 is 2.50 bits per heavy atom. The molecule has 4 heteroatoms. The van der Waals surface area contributed by atoms with Crippen LogP contribution in [0.2, 0.25) is 0 Å². The van der Waals surface area contributed by atoms with E-state index in [9.17, 15) is 0 Å². The summed E-state index contributed by atoms with van der Waals surface area (Å²) in [6.07, 6.45) is 0.891. The first-order valence-corrected chi connectivity index (χ1v) is 10.7. The van der Waals surface area contributed by atoms with E-state index in [-0.39, 0.29) is 0 Å². The van der Waals surface area contributed by atoms with E-state index in [0.29, 0.717) is 0 Å². The van der Waals surface area contributed by atoms with E-state index in [0.717, 1.165) is 31.0 Å². The van der Waals surface area contributed by atoms with Gasteiger partial charge in [0.1, 0.15) is 5.84 Å². The lowest BCUT2D eigenvalue weighted by Crippen LogP contribution is -2.31. The molecular weight excluding hydrogens is 356 g/mol. The molecule has 0 fully saturated rings. The van der Waals surface area contributed by atoms with E-state index in [4.69, 9.17) is 4.99 Å². The summed E-state index contributed by atoms with van der Waals surface area (Å²) in [5.41, 5.74) is 1.04. The van der Waals surface area contributed by atoms with Gasteiger partial charge in [-0.05, 0) is 49.6 Å². The molecule has 0 saturated carbocycles. The van der Waals surface area contributed by atoms with Gasteiger partial charge in [-0.1, -0.05) is 24.3 Å². The first-order valence-electron chi connectivity index (χ1n) is 9.04. The predicted octanol–water partition coefficient (Wildman–Crippen LogP) is 6.73. The van der Waals surface area contributed by atoms with Crippen LogP contribution in [0.3, 0.4) is 0 Å². The van der Waals surface area contributed by atoms with Crippen LogP contribution in [0.1, 0.15) is 18.7 Å². The first kappa shape index (κ1) is 17.3. The van der Waals surface area contributed by atoms with Crippen molar-refractivity contribution in [2.75, 3.05) is 13.1 Å². The van der Waals surface area contributed by atoms with Gasteiger partial charge in [-0.3, -0.25) is 0 Å². The Kier molecular flexibility index (Phi) is 5.05. The summed E-state index contributed by atoms with van der Waals surface area (Å²) in [5.74, 6) is 1.15. The lowest BCUT2D eigenvalue weighted by Gasteiger charge is -2.23. The number of thiophene rings is 2. The molecule has 0 amide bonds. The number of nitrogens with zero attached hydrogens (tertiary/aromatic N) is 2. The average Bonchev–Trinajstić information content (AvgIpc) is 3.30. The fraction of sp³-hybridized carbons (Fsp3) is 0.227. The first-order chi connectivity index (χ1) is 12.8. The van der Waals surface area contributed by atoms with Gasteiger partial charge in [0.25, 0.3) is 0 Å². The summed E-state index contributed by atoms with van der Waals surface area (Å²) in [4.78, 5) is 8.78. The Labute approximate surface area is 162 Å². The average molecular weight is 379 g/mol. The van der Waals surface area contributed by atoms with Crippen molar-refractivity contribution in [2.45, 2.75) is 20.3 Å². The standard InChI is InChI=1S/C22H22N2S2/c1-3-24(4-2)22(15-17-8-7-13-25-17)23-16-11-12-21-19(14-16)18-9-5-6-10-20(18)26-21/h5-14H,3-4,15H2,1-2H3. The molecule has 0 aliphatic rings. The third-order valence-corrected chi connectivity index (χ3v) is 6.69. The largest absolute Gasteiger partial charge is 0.360 e. The van der Waals surface area contributed by atoms with Crippen LogP contribution in [0.15, 0.2) is 65.0 Å². The monoisotopic (exact) mass is 378 g/mol. The minimum absolute atomic E-state index is 0.891. The number of fused-ring (bicyclic) bond motifs is 3. The van der Waals surface area contributed by atoms with Crippen molar-refractivity contribution in [2.24, 2.45) is 4.99 Å². The van der Waals surface area contributed by atoms with Crippen molar-refractivity contribution in [1.82, 2.24) is 4.90 Å². The fourth-order valence-electron chi connectivity index (χ4n) is 3.31. The van der Waals surface area contributed by atoms with Crippen LogP contribution < -0.4 is 0 Å². The molecule has 4 rings (SSSR count). The van der Waals surface area contributed by atoms with E-state index in [2.05, 4.69) is 78.7 Å². The molecule has 132 valence electrons. The summed E-state index contributed by atoms with van der Waals surface area (Å²) in [6.45, 7) is 6.35. The molecule has 0 unspecified atom stereocenters. The number of amidine groups is 1. The third-order valence-electron chi connectivity index (χ3n) is 4.66. The van der Waals surface area contributed by atoms with Crippen molar-refractivity contribution in [3.63, 3.8) is 0 Å². The van der Waals surface area contributed by atoms with E-state index in [1.54, 1.807) is 11.3 Å². The minimum Gasteiger partial charge on any atom is -0.360 e. The number of benzene rings is 2. The summed E-state index contributed by atoms with van der Waals surface area (Å²) in [6, 6.07) is 19.5. The second-order valence-corrected chi connectivity index (χ2v) is 8.35. The zero-order chi connectivity index (χ0) is 17.9. The highest BCUT2D eigenvalue weighted by atomic mass is 32.1. The van der Waals surface area contributed by atoms with E-state index < -0.39 is 0 Å². The zero-order valence-electron chi connectivity index (χ0n) is 15.1. The van der Waals surface area contributed by atoms with Crippen molar-refractivity contribution in [1.29, 1.82) is 0 Å². The van der Waals surface area contributed by atoms with Gasteiger partial charge in [0, 0.05) is 44.6 Å². The van der Waals surface area contributed by atoms with Gasteiger partial charge < -0.3 is 4.90 Å². The highest BCUT2D eigenvalue weighted by Crippen LogP contribution is 2.35. The summed E-state index contributed by atoms with van der Waals surface area (Å²) < 4.78 is 2.67. The second kappa shape index (κ2) is 7.60. The van der Waals surface area contributed by atoms with E-state index >= 15 is 0 Å². The fourth-order valence-corrected chi connectivity index (χ4v) is 5.10. The van der Waals surface area contributed by atoms with Crippen molar-refractivity contribution in [3.8, 4) is 0 Å².